The first-order valence-corrected chi connectivity index (χ1v) is 7.66. The van der Waals surface area contributed by atoms with Crippen LogP contribution in [0.15, 0.2) is 42.6 Å². The third kappa shape index (κ3) is 2.38. The maximum Gasteiger partial charge on any atom is 0.0766 e. The van der Waals surface area contributed by atoms with Crippen LogP contribution in [0.4, 0.5) is 0 Å². The van der Waals surface area contributed by atoms with Gasteiger partial charge in [-0.05, 0) is 55.2 Å². The van der Waals surface area contributed by atoms with E-state index in [1.165, 1.54) is 32.2 Å². The number of para-hydroxylation sites is 1. The van der Waals surface area contributed by atoms with Crippen molar-refractivity contribution in [1.29, 1.82) is 0 Å². The Labute approximate surface area is 120 Å². The highest BCUT2D eigenvalue weighted by molar-refractivity contribution is 5.30. The van der Waals surface area contributed by atoms with Crippen LogP contribution >= 0.6 is 0 Å². The fraction of sp³-hybridized carbons (Fsp3) is 0.471. The van der Waals surface area contributed by atoms with E-state index in [4.69, 9.17) is 0 Å². The molecule has 2 fully saturated rings. The Kier molecular flexibility index (Phi) is 2.88. The van der Waals surface area contributed by atoms with Crippen LogP contribution in [0.2, 0.25) is 0 Å². The Bertz CT molecular complexity index is 579. The molecule has 1 heterocycles. The number of nitrogens with zero attached hydrogens (tertiary/aromatic N) is 2. The van der Waals surface area contributed by atoms with Crippen molar-refractivity contribution in [3.63, 3.8) is 0 Å². The summed E-state index contributed by atoms with van der Waals surface area (Å²) < 4.78 is 1.95. The van der Waals surface area contributed by atoms with Gasteiger partial charge in [-0.15, -0.1) is 0 Å². The Morgan fingerprint density at radius 3 is 2.65 bits per heavy atom. The van der Waals surface area contributed by atoms with Crippen LogP contribution in [-0.2, 0) is 6.54 Å². The van der Waals surface area contributed by atoms with E-state index in [0.717, 1.165) is 23.8 Å². The topological polar surface area (TPSA) is 29.9 Å². The fourth-order valence-electron chi connectivity index (χ4n) is 3.21. The average Bonchev–Trinajstić information content (AvgIpc) is 3.39. The summed E-state index contributed by atoms with van der Waals surface area (Å²) in [5.74, 6) is 1.02. The van der Waals surface area contributed by atoms with E-state index in [9.17, 15) is 0 Å². The Morgan fingerprint density at radius 2 is 1.95 bits per heavy atom. The lowest BCUT2D eigenvalue weighted by Gasteiger charge is -2.14. The van der Waals surface area contributed by atoms with Crippen LogP contribution in [-0.4, -0.2) is 16.3 Å². The molecule has 0 spiro atoms. The summed E-state index contributed by atoms with van der Waals surface area (Å²) in [6.45, 7) is 2.06. The number of benzene rings is 1. The van der Waals surface area contributed by atoms with Crippen LogP contribution in [0, 0.1) is 11.3 Å². The highest BCUT2D eigenvalue weighted by atomic mass is 15.3. The first-order chi connectivity index (χ1) is 9.86. The summed E-state index contributed by atoms with van der Waals surface area (Å²) >= 11 is 0. The zero-order valence-electron chi connectivity index (χ0n) is 11.8. The second kappa shape index (κ2) is 4.74. The standard InChI is InChI=1S/C17H21N3/c1-2-4-16(5-3-1)20-11-8-15(19-20)12-18-13-17(9-10-17)14-6-7-14/h1-5,8,11,14,18H,6-7,9-10,12-13H2. The van der Waals surface area contributed by atoms with Gasteiger partial charge in [-0.25, -0.2) is 4.68 Å². The van der Waals surface area contributed by atoms with E-state index in [1.807, 2.05) is 29.1 Å². The van der Waals surface area contributed by atoms with Crippen LogP contribution in [0.5, 0.6) is 0 Å². The monoisotopic (exact) mass is 267 g/mol. The Balaban J connectivity index is 1.34. The predicted molar refractivity (Wildman–Crippen MR) is 79.7 cm³/mol. The molecule has 3 nitrogen and oxygen atoms in total. The maximum absolute atomic E-state index is 4.64. The van der Waals surface area contributed by atoms with Gasteiger partial charge in [0.1, 0.15) is 0 Å². The molecule has 0 saturated heterocycles. The van der Waals surface area contributed by atoms with Gasteiger partial charge in [0.15, 0.2) is 0 Å². The van der Waals surface area contributed by atoms with E-state index < -0.39 is 0 Å². The normalized spacial score (nSPS) is 20.0. The molecule has 2 aromatic rings. The molecule has 2 saturated carbocycles. The minimum Gasteiger partial charge on any atom is -0.311 e. The quantitative estimate of drug-likeness (QED) is 0.871. The van der Waals surface area contributed by atoms with Crippen molar-refractivity contribution in [3.8, 4) is 5.69 Å². The minimum atomic E-state index is 0.669. The van der Waals surface area contributed by atoms with Crippen LogP contribution in [0.25, 0.3) is 5.69 Å². The molecular weight excluding hydrogens is 246 g/mol. The van der Waals surface area contributed by atoms with Gasteiger partial charge >= 0.3 is 0 Å². The maximum atomic E-state index is 4.64. The van der Waals surface area contributed by atoms with Gasteiger partial charge in [0.05, 0.1) is 11.4 Å². The van der Waals surface area contributed by atoms with Gasteiger partial charge in [0.2, 0.25) is 0 Å². The molecular formula is C17H21N3. The molecule has 1 N–H and O–H groups in total. The largest absolute Gasteiger partial charge is 0.311 e. The molecule has 0 aliphatic heterocycles. The molecule has 0 unspecified atom stereocenters. The molecule has 1 aromatic heterocycles. The lowest BCUT2D eigenvalue weighted by atomic mass is 10.0. The van der Waals surface area contributed by atoms with Gasteiger partial charge < -0.3 is 5.32 Å². The minimum absolute atomic E-state index is 0.669. The molecule has 104 valence electrons. The van der Waals surface area contributed by atoms with Crippen LogP contribution in [0.3, 0.4) is 0 Å². The molecule has 2 aliphatic carbocycles. The number of nitrogens with one attached hydrogen (secondary N) is 1. The summed E-state index contributed by atoms with van der Waals surface area (Å²) in [4.78, 5) is 0. The molecule has 0 amide bonds. The highest BCUT2D eigenvalue weighted by Gasteiger charge is 2.53. The summed E-state index contributed by atoms with van der Waals surface area (Å²) in [5, 5.41) is 8.25. The first-order valence-electron chi connectivity index (χ1n) is 7.66. The molecule has 20 heavy (non-hydrogen) atoms. The van der Waals surface area contributed by atoms with Crippen molar-refractivity contribution in [2.24, 2.45) is 11.3 Å². The Hall–Kier alpha value is -1.61. The lowest BCUT2D eigenvalue weighted by molar-refractivity contribution is 0.402. The number of aromatic nitrogens is 2. The summed E-state index contributed by atoms with van der Waals surface area (Å²) in [6.07, 6.45) is 7.83. The van der Waals surface area contributed by atoms with Crippen molar-refractivity contribution in [2.45, 2.75) is 32.2 Å². The van der Waals surface area contributed by atoms with E-state index in [0.29, 0.717) is 5.41 Å². The zero-order valence-corrected chi connectivity index (χ0v) is 11.8. The highest BCUT2D eigenvalue weighted by Crippen LogP contribution is 2.60. The number of hydrogen-bond donors (Lipinski definition) is 1. The third-order valence-electron chi connectivity index (χ3n) is 4.78. The SMILES string of the molecule is c1ccc(-n2ccc(CNCC3(C4CC4)CC3)n2)cc1. The van der Waals surface area contributed by atoms with Crippen molar-refractivity contribution >= 4 is 0 Å². The molecule has 0 bridgehead atoms. The smallest absolute Gasteiger partial charge is 0.0766 e. The fourth-order valence-corrected chi connectivity index (χ4v) is 3.21. The van der Waals surface area contributed by atoms with E-state index in [1.54, 1.807) is 0 Å². The lowest BCUT2D eigenvalue weighted by Crippen LogP contribution is -2.25. The number of hydrogen-bond acceptors (Lipinski definition) is 2. The number of rotatable bonds is 6. The molecule has 2 aliphatic rings. The predicted octanol–water partition coefficient (Wildman–Crippen LogP) is 3.15. The van der Waals surface area contributed by atoms with Crippen LogP contribution in [0.1, 0.15) is 31.4 Å². The van der Waals surface area contributed by atoms with Gasteiger partial charge in [0, 0.05) is 19.3 Å². The van der Waals surface area contributed by atoms with Crippen molar-refractivity contribution in [2.75, 3.05) is 6.54 Å². The van der Waals surface area contributed by atoms with Crippen molar-refractivity contribution < 1.29 is 0 Å². The second-order valence-electron chi connectivity index (χ2n) is 6.33. The second-order valence-corrected chi connectivity index (χ2v) is 6.33. The molecule has 1 aromatic carbocycles. The molecule has 0 radical (unpaired) electrons. The van der Waals surface area contributed by atoms with Crippen molar-refractivity contribution in [1.82, 2.24) is 15.1 Å². The van der Waals surface area contributed by atoms with Crippen molar-refractivity contribution in [3.05, 3.63) is 48.3 Å². The summed E-state index contributed by atoms with van der Waals surface area (Å²) in [6, 6.07) is 12.4. The Morgan fingerprint density at radius 1 is 1.15 bits per heavy atom. The zero-order chi connectivity index (χ0) is 13.4. The summed E-state index contributed by atoms with van der Waals surface area (Å²) in [5.41, 5.74) is 2.91. The molecule has 3 heteroatoms. The van der Waals surface area contributed by atoms with Crippen LogP contribution < -0.4 is 5.32 Å². The molecule has 0 atom stereocenters. The van der Waals surface area contributed by atoms with E-state index >= 15 is 0 Å². The summed E-state index contributed by atoms with van der Waals surface area (Å²) in [7, 11) is 0. The van der Waals surface area contributed by atoms with Gasteiger partial charge in [-0.3, -0.25) is 0 Å². The van der Waals surface area contributed by atoms with Gasteiger partial charge in [-0.2, -0.15) is 5.10 Å². The van der Waals surface area contributed by atoms with E-state index in [2.05, 4.69) is 28.6 Å². The average molecular weight is 267 g/mol. The third-order valence-corrected chi connectivity index (χ3v) is 4.78. The van der Waals surface area contributed by atoms with Gasteiger partial charge in [-0.1, -0.05) is 18.2 Å². The first kappa shape index (κ1) is 12.2. The molecule has 4 rings (SSSR count). The van der Waals surface area contributed by atoms with E-state index in [-0.39, 0.29) is 0 Å². The van der Waals surface area contributed by atoms with Gasteiger partial charge in [0.25, 0.3) is 0 Å².